The van der Waals surface area contributed by atoms with Crippen molar-refractivity contribution in [3.8, 4) is 5.75 Å². The molecule has 6 heteroatoms. The van der Waals surface area contributed by atoms with E-state index in [2.05, 4.69) is 5.32 Å². The Bertz CT molecular complexity index is 487. The van der Waals surface area contributed by atoms with E-state index in [1.807, 2.05) is 6.92 Å². The normalized spacial score (nSPS) is 10.0. The number of benzene rings is 1. The van der Waals surface area contributed by atoms with E-state index >= 15 is 0 Å². The van der Waals surface area contributed by atoms with E-state index in [9.17, 15) is 14.7 Å². The Morgan fingerprint density at radius 2 is 1.95 bits per heavy atom. The molecule has 6 nitrogen and oxygen atoms in total. The third-order valence-electron chi connectivity index (χ3n) is 2.68. The molecule has 2 N–H and O–H groups in total. The summed E-state index contributed by atoms with van der Waals surface area (Å²) < 4.78 is 10.1. The first kappa shape index (κ1) is 17.0. The number of hydrogen-bond acceptors (Lipinski definition) is 5. The lowest BCUT2D eigenvalue weighted by atomic mass is 10.2. The maximum atomic E-state index is 11.7. The van der Waals surface area contributed by atoms with Gasteiger partial charge in [0.15, 0.2) is 0 Å². The lowest BCUT2D eigenvalue weighted by Gasteiger charge is -2.11. The Morgan fingerprint density at radius 1 is 1.19 bits per heavy atom. The van der Waals surface area contributed by atoms with Crippen molar-refractivity contribution in [2.75, 3.05) is 18.5 Å². The molecule has 0 saturated carbocycles. The SMILES string of the molecule is CCOC(=O)CCC(=O)Nc1ccc(OCC)c(CO)c1. The second kappa shape index (κ2) is 8.97. The number of esters is 1. The number of hydrogen-bond donors (Lipinski definition) is 2. The van der Waals surface area contributed by atoms with Gasteiger partial charge < -0.3 is 19.9 Å². The predicted molar refractivity (Wildman–Crippen MR) is 78.0 cm³/mol. The van der Waals surface area contributed by atoms with Crippen molar-refractivity contribution < 1.29 is 24.2 Å². The fraction of sp³-hybridized carbons (Fsp3) is 0.467. The molecule has 0 radical (unpaired) electrons. The molecule has 0 heterocycles. The minimum Gasteiger partial charge on any atom is -0.494 e. The largest absolute Gasteiger partial charge is 0.494 e. The predicted octanol–water partition coefficient (Wildman–Crippen LogP) is 1.86. The van der Waals surface area contributed by atoms with Crippen LogP contribution in [0.1, 0.15) is 32.3 Å². The number of nitrogens with one attached hydrogen (secondary N) is 1. The number of amides is 1. The Kier molecular flexibility index (Phi) is 7.25. The van der Waals surface area contributed by atoms with Crippen LogP contribution in [0.3, 0.4) is 0 Å². The fourth-order valence-corrected chi connectivity index (χ4v) is 1.75. The molecular weight excluding hydrogens is 274 g/mol. The molecule has 0 aliphatic heterocycles. The van der Waals surface area contributed by atoms with Crippen LogP contribution in [-0.2, 0) is 20.9 Å². The lowest BCUT2D eigenvalue weighted by molar-refractivity contribution is -0.144. The maximum Gasteiger partial charge on any atom is 0.306 e. The second-order valence-electron chi connectivity index (χ2n) is 4.27. The first-order valence-electron chi connectivity index (χ1n) is 6.92. The molecule has 0 aromatic heterocycles. The quantitative estimate of drug-likeness (QED) is 0.715. The topological polar surface area (TPSA) is 84.9 Å². The zero-order valence-corrected chi connectivity index (χ0v) is 12.3. The number of ether oxygens (including phenoxy) is 2. The highest BCUT2D eigenvalue weighted by atomic mass is 16.5. The Balaban J connectivity index is 2.58. The molecule has 0 spiro atoms. The van der Waals surface area contributed by atoms with Crippen molar-refractivity contribution in [3.63, 3.8) is 0 Å². The highest BCUT2D eigenvalue weighted by Crippen LogP contribution is 2.23. The van der Waals surface area contributed by atoms with Crippen molar-refractivity contribution in [2.45, 2.75) is 33.3 Å². The summed E-state index contributed by atoms with van der Waals surface area (Å²) in [5.41, 5.74) is 1.15. The van der Waals surface area contributed by atoms with E-state index in [0.29, 0.717) is 30.2 Å². The molecule has 21 heavy (non-hydrogen) atoms. The van der Waals surface area contributed by atoms with E-state index in [1.165, 1.54) is 0 Å². The first-order chi connectivity index (χ1) is 10.1. The summed E-state index contributed by atoms with van der Waals surface area (Å²) in [5, 5.41) is 12.0. The minimum absolute atomic E-state index is 0.0452. The second-order valence-corrected chi connectivity index (χ2v) is 4.27. The van der Waals surface area contributed by atoms with Crippen molar-refractivity contribution in [3.05, 3.63) is 23.8 Å². The third-order valence-corrected chi connectivity index (χ3v) is 2.68. The summed E-state index contributed by atoms with van der Waals surface area (Å²) in [6.45, 7) is 4.19. The molecule has 1 aromatic rings. The third kappa shape index (κ3) is 5.83. The summed E-state index contributed by atoms with van der Waals surface area (Å²) in [7, 11) is 0. The molecule has 0 fully saturated rings. The van der Waals surface area contributed by atoms with Gasteiger partial charge in [0.25, 0.3) is 0 Å². The van der Waals surface area contributed by atoms with Crippen LogP contribution in [0.5, 0.6) is 5.75 Å². The highest BCUT2D eigenvalue weighted by molar-refractivity contribution is 5.92. The van der Waals surface area contributed by atoms with Crippen molar-refractivity contribution in [1.82, 2.24) is 0 Å². The van der Waals surface area contributed by atoms with Gasteiger partial charge in [0.05, 0.1) is 26.2 Å². The first-order valence-corrected chi connectivity index (χ1v) is 6.92. The van der Waals surface area contributed by atoms with Crippen LogP contribution < -0.4 is 10.1 Å². The lowest BCUT2D eigenvalue weighted by Crippen LogP contribution is -2.14. The zero-order valence-electron chi connectivity index (χ0n) is 12.3. The minimum atomic E-state index is -0.393. The average molecular weight is 295 g/mol. The number of aliphatic hydroxyl groups excluding tert-OH is 1. The fourth-order valence-electron chi connectivity index (χ4n) is 1.75. The Labute approximate surface area is 124 Å². The van der Waals surface area contributed by atoms with Gasteiger partial charge >= 0.3 is 5.97 Å². The van der Waals surface area contributed by atoms with Gasteiger partial charge in [-0.25, -0.2) is 0 Å². The molecule has 1 amide bonds. The average Bonchev–Trinajstić information content (AvgIpc) is 2.47. The van der Waals surface area contributed by atoms with Gasteiger partial charge in [-0.1, -0.05) is 0 Å². The maximum absolute atomic E-state index is 11.7. The number of anilines is 1. The van der Waals surface area contributed by atoms with E-state index in [4.69, 9.17) is 9.47 Å². The van der Waals surface area contributed by atoms with Gasteiger partial charge in [-0.3, -0.25) is 9.59 Å². The summed E-state index contributed by atoms with van der Waals surface area (Å²) in [5.74, 6) is -0.0870. The molecule has 116 valence electrons. The van der Waals surface area contributed by atoms with E-state index in [0.717, 1.165) is 0 Å². The highest BCUT2D eigenvalue weighted by Gasteiger charge is 2.09. The van der Waals surface area contributed by atoms with Crippen molar-refractivity contribution in [2.24, 2.45) is 0 Å². The van der Waals surface area contributed by atoms with Crippen LogP contribution >= 0.6 is 0 Å². The molecule has 0 unspecified atom stereocenters. The number of aliphatic hydroxyl groups is 1. The number of rotatable bonds is 8. The van der Waals surface area contributed by atoms with Gasteiger partial charge in [0, 0.05) is 17.7 Å². The molecule has 0 aliphatic rings. The summed E-state index contributed by atoms with van der Waals surface area (Å²) in [6, 6.07) is 5.02. The van der Waals surface area contributed by atoms with Gasteiger partial charge in [-0.05, 0) is 32.0 Å². The molecule has 1 rings (SSSR count). The Morgan fingerprint density at radius 3 is 2.57 bits per heavy atom. The Hall–Kier alpha value is -2.08. The van der Waals surface area contributed by atoms with E-state index < -0.39 is 5.97 Å². The van der Waals surface area contributed by atoms with Crippen molar-refractivity contribution >= 4 is 17.6 Å². The van der Waals surface area contributed by atoms with Crippen LogP contribution in [0.25, 0.3) is 0 Å². The number of carbonyl (C=O) groups is 2. The standard InChI is InChI=1S/C15H21NO5/c1-3-20-13-6-5-12(9-11(13)10-17)16-14(18)7-8-15(19)21-4-2/h5-6,9,17H,3-4,7-8,10H2,1-2H3,(H,16,18). The van der Waals surface area contributed by atoms with Gasteiger partial charge in [-0.15, -0.1) is 0 Å². The van der Waals surface area contributed by atoms with E-state index in [-0.39, 0.29) is 25.4 Å². The molecule has 0 atom stereocenters. The molecule has 1 aromatic carbocycles. The van der Waals surface area contributed by atoms with Crippen LogP contribution in [-0.4, -0.2) is 30.2 Å². The van der Waals surface area contributed by atoms with Crippen LogP contribution in [0.4, 0.5) is 5.69 Å². The van der Waals surface area contributed by atoms with Gasteiger partial charge in [0.1, 0.15) is 5.75 Å². The monoisotopic (exact) mass is 295 g/mol. The van der Waals surface area contributed by atoms with E-state index in [1.54, 1.807) is 25.1 Å². The summed E-state index contributed by atoms with van der Waals surface area (Å²) in [6.07, 6.45) is 0.101. The smallest absolute Gasteiger partial charge is 0.306 e. The molecule has 0 aliphatic carbocycles. The molecular formula is C15H21NO5. The van der Waals surface area contributed by atoms with Gasteiger partial charge in [0.2, 0.25) is 5.91 Å². The summed E-state index contributed by atoms with van der Waals surface area (Å²) >= 11 is 0. The van der Waals surface area contributed by atoms with Gasteiger partial charge in [-0.2, -0.15) is 0 Å². The van der Waals surface area contributed by atoms with Crippen LogP contribution in [0.2, 0.25) is 0 Å². The molecule has 0 bridgehead atoms. The van der Waals surface area contributed by atoms with Crippen molar-refractivity contribution in [1.29, 1.82) is 0 Å². The summed E-state index contributed by atoms with van der Waals surface area (Å²) in [4.78, 5) is 22.9. The zero-order chi connectivity index (χ0) is 15.7. The molecule has 0 saturated heterocycles. The number of carbonyl (C=O) groups excluding carboxylic acids is 2. The van der Waals surface area contributed by atoms with Crippen LogP contribution in [0, 0.1) is 0 Å². The van der Waals surface area contributed by atoms with Crippen LogP contribution in [0.15, 0.2) is 18.2 Å².